The quantitative estimate of drug-likeness (QED) is 0.896. The van der Waals surface area contributed by atoms with Crippen molar-refractivity contribution in [2.75, 3.05) is 32.7 Å². The van der Waals surface area contributed by atoms with Gasteiger partial charge in [-0.25, -0.2) is 0 Å². The number of carbonyl (C=O) groups excluding carboxylic acids is 1. The van der Waals surface area contributed by atoms with E-state index >= 15 is 0 Å². The molecule has 0 spiro atoms. The molecule has 6 heteroatoms. The largest absolute Gasteiger partial charge is 0.389 e. The monoisotopic (exact) mass is 343 g/mol. The number of rotatable bonds is 4. The number of β-amino-alcohol motifs (C(OH)–C–C–N with tert-alkyl or cyclic N) is 1. The molecule has 0 aliphatic carbocycles. The third kappa shape index (κ3) is 4.27. The van der Waals surface area contributed by atoms with Crippen LogP contribution < -0.4 is 5.43 Å². The average molecular weight is 343 g/mol. The van der Waals surface area contributed by atoms with E-state index in [2.05, 4.69) is 4.90 Å². The lowest BCUT2D eigenvalue weighted by Gasteiger charge is -2.37. The molecule has 0 bridgehead atoms. The fraction of sp³-hybridized carbons (Fsp3) is 0.474. The van der Waals surface area contributed by atoms with Gasteiger partial charge in [0.15, 0.2) is 5.43 Å². The van der Waals surface area contributed by atoms with E-state index in [1.54, 1.807) is 26.1 Å². The van der Waals surface area contributed by atoms with Crippen LogP contribution in [-0.2, 0) is 11.3 Å². The van der Waals surface area contributed by atoms with Gasteiger partial charge in [0.25, 0.3) is 0 Å². The number of fused-ring (bicyclic) bond motifs is 1. The molecule has 3 rings (SSSR count). The highest BCUT2D eigenvalue weighted by Gasteiger charge is 2.25. The summed E-state index contributed by atoms with van der Waals surface area (Å²) in [6, 6.07) is 8.87. The van der Waals surface area contributed by atoms with Crippen molar-refractivity contribution in [1.29, 1.82) is 0 Å². The minimum absolute atomic E-state index is 0.0282. The van der Waals surface area contributed by atoms with Crippen LogP contribution in [0.2, 0.25) is 0 Å². The maximum atomic E-state index is 12.6. The number of carbonyl (C=O) groups is 1. The van der Waals surface area contributed by atoms with Gasteiger partial charge >= 0.3 is 0 Å². The minimum atomic E-state index is -0.721. The van der Waals surface area contributed by atoms with E-state index in [9.17, 15) is 14.7 Å². The standard InChI is InChI=1S/C19H25N3O3/c1-19(2,25)14-20-9-11-21(12-10-20)18(24)13-22-8-7-17(23)15-5-3-4-6-16(15)22/h3-8,25H,9-14H2,1-2H3. The van der Waals surface area contributed by atoms with Gasteiger partial charge in [-0.15, -0.1) is 0 Å². The van der Waals surface area contributed by atoms with Gasteiger partial charge in [-0.3, -0.25) is 14.5 Å². The van der Waals surface area contributed by atoms with Crippen molar-refractivity contribution in [2.24, 2.45) is 0 Å². The summed E-state index contributed by atoms with van der Waals surface area (Å²) in [5.74, 6) is 0.0525. The van der Waals surface area contributed by atoms with Gasteiger partial charge in [-0.1, -0.05) is 12.1 Å². The SMILES string of the molecule is CC(C)(O)CN1CCN(C(=O)Cn2ccc(=O)c3ccccc32)CC1. The van der Waals surface area contributed by atoms with E-state index in [0.717, 1.165) is 18.6 Å². The summed E-state index contributed by atoms with van der Waals surface area (Å²) in [5, 5.41) is 10.5. The summed E-state index contributed by atoms with van der Waals surface area (Å²) in [6.07, 6.45) is 1.69. The number of hydrogen-bond acceptors (Lipinski definition) is 4. The van der Waals surface area contributed by atoms with E-state index in [0.29, 0.717) is 25.0 Å². The first-order valence-corrected chi connectivity index (χ1v) is 8.64. The molecule has 1 aromatic carbocycles. The van der Waals surface area contributed by atoms with Crippen LogP contribution in [-0.4, -0.2) is 63.7 Å². The van der Waals surface area contributed by atoms with Crippen molar-refractivity contribution >= 4 is 16.8 Å². The molecule has 0 atom stereocenters. The Balaban J connectivity index is 1.66. The second kappa shape index (κ2) is 6.98. The molecule has 6 nitrogen and oxygen atoms in total. The first-order chi connectivity index (χ1) is 11.8. The summed E-state index contributed by atoms with van der Waals surface area (Å²) >= 11 is 0. The summed E-state index contributed by atoms with van der Waals surface area (Å²) in [7, 11) is 0. The predicted molar refractivity (Wildman–Crippen MR) is 97.5 cm³/mol. The topological polar surface area (TPSA) is 65.8 Å². The normalized spacial score (nSPS) is 16.4. The van der Waals surface area contributed by atoms with Gasteiger partial charge in [0, 0.05) is 50.4 Å². The van der Waals surface area contributed by atoms with Crippen molar-refractivity contribution in [3.63, 3.8) is 0 Å². The zero-order valence-corrected chi connectivity index (χ0v) is 14.8. The van der Waals surface area contributed by atoms with Gasteiger partial charge < -0.3 is 14.6 Å². The molecular weight excluding hydrogens is 318 g/mol. The molecule has 1 saturated heterocycles. The Morgan fingerprint density at radius 3 is 2.48 bits per heavy atom. The molecule has 0 saturated carbocycles. The molecule has 0 radical (unpaired) electrons. The Labute approximate surface area is 147 Å². The van der Waals surface area contributed by atoms with Crippen LogP contribution in [0.15, 0.2) is 41.3 Å². The Bertz CT molecular complexity index is 815. The highest BCUT2D eigenvalue weighted by molar-refractivity contribution is 5.82. The third-order valence-electron chi connectivity index (χ3n) is 4.53. The molecule has 1 N–H and O–H groups in total. The highest BCUT2D eigenvalue weighted by Crippen LogP contribution is 2.12. The predicted octanol–water partition coefficient (Wildman–Crippen LogP) is 0.917. The third-order valence-corrected chi connectivity index (χ3v) is 4.53. The van der Waals surface area contributed by atoms with Gasteiger partial charge in [0.05, 0.1) is 11.1 Å². The highest BCUT2D eigenvalue weighted by atomic mass is 16.3. The molecule has 0 unspecified atom stereocenters. The van der Waals surface area contributed by atoms with Crippen LogP contribution in [0.5, 0.6) is 0 Å². The van der Waals surface area contributed by atoms with E-state index in [1.165, 1.54) is 6.07 Å². The lowest BCUT2D eigenvalue weighted by atomic mass is 10.1. The minimum Gasteiger partial charge on any atom is -0.389 e. The molecule has 1 aromatic heterocycles. The number of pyridine rings is 1. The number of piperazine rings is 1. The van der Waals surface area contributed by atoms with Crippen LogP contribution >= 0.6 is 0 Å². The number of amides is 1. The molecule has 1 amide bonds. The number of aliphatic hydroxyl groups is 1. The molecule has 1 aliphatic heterocycles. The smallest absolute Gasteiger partial charge is 0.242 e. The fourth-order valence-electron chi connectivity index (χ4n) is 3.35. The molecule has 1 fully saturated rings. The summed E-state index contributed by atoms with van der Waals surface area (Å²) in [4.78, 5) is 28.6. The first kappa shape index (κ1) is 17.6. The Morgan fingerprint density at radius 2 is 1.80 bits per heavy atom. The van der Waals surface area contributed by atoms with Crippen molar-refractivity contribution in [3.8, 4) is 0 Å². The average Bonchev–Trinajstić information content (AvgIpc) is 2.57. The summed E-state index contributed by atoms with van der Waals surface area (Å²) in [6.45, 7) is 7.28. The molecule has 134 valence electrons. The number of nitrogens with zero attached hydrogens (tertiary/aromatic N) is 3. The maximum Gasteiger partial charge on any atom is 0.242 e. The number of para-hydroxylation sites is 1. The molecule has 1 aliphatic rings. The lowest BCUT2D eigenvalue weighted by molar-refractivity contribution is -0.133. The van der Waals surface area contributed by atoms with E-state index in [4.69, 9.17) is 0 Å². The maximum absolute atomic E-state index is 12.6. The van der Waals surface area contributed by atoms with Crippen LogP contribution in [0.25, 0.3) is 10.9 Å². The first-order valence-electron chi connectivity index (χ1n) is 8.64. The van der Waals surface area contributed by atoms with Crippen LogP contribution in [0.1, 0.15) is 13.8 Å². The van der Waals surface area contributed by atoms with E-state index in [1.807, 2.05) is 27.7 Å². The van der Waals surface area contributed by atoms with Crippen LogP contribution in [0.3, 0.4) is 0 Å². The molecule has 2 aromatic rings. The summed E-state index contributed by atoms with van der Waals surface area (Å²) < 4.78 is 1.84. The van der Waals surface area contributed by atoms with Crippen molar-refractivity contribution in [2.45, 2.75) is 26.0 Å². The zero-order valence-electron chi connectivity index (χ0n) is 14.8. The number of benzene rings is 1. The lowest BCUT2D eigenvalue weighted by Crippen LogP contribution is -2.52. The van der Waals surface area contributed by atoms with Crippen molar-refractivity contribution in [3.05, 3.63) is 46.8 Å². The second-order valence-corrected chi connectivity index (χ2v) is 7.29. The molecular formula is C19H25N3O3. The Kier molecular flexibility index (Phi) is 4.92. The summed E-state index contributed by atoms with van der Waals surface area (Å²) in [5.41, 5.74) is 0.0321. The molecule has 25 heavy (non-hydrogen) atoms. The van der Waals surface area contributed by atoms with Gasteiger partial charge in [0.1, 0.15) is 6.54 Å². The van der Waals surface area contributed by atoms with Crippen molar-refractivity contribution in [1.82, 2.24) is 14.4 Å². The number of aromatic nitrogens is 1. The zero-order chi connectivity index (χ0) is 18.0. The molecule has 2 heterocycles. The van der Waals surface area contributed by atoms with Gasteiger partial charge in [-0.05, 0) is 26.0 Å². The van der Waals surface area contributed by atoms with Crippen LogP contribution in [0, 0.1) is 0 Å². The van der Waals surface area contributed by atoms with Gasteiger partial charge in [-0.2, -0.15) is 0 Å². The van der Waals surface area contributed by atoms with E-state index < -0.39 is 5.60 Å². The number of hydrogen-bond donors (Lipinski definition) is 1. The fourth-order valence-corrected chi connectivity index (χ4v) is 3.35. The Morgan fingerprint density at radius 1 is 1.12 bits per heavy atom. The van der Waals surface area contributed by atoms with E-state index in [-0.39, 0.29) is 17.9 Å². The Hall–Kier alpha value is -2.18. The second-order valence-electron chi connectivity index (χ2n) is 7.29. The van der Waals surface area contributed by atoms with Crippen LogP contribution in [0.4, 0.5) is 0 Å². The van der Waals surface area contributed by atoms with Gasteiger partial charge in [0.2, 0.25) is 5.91 Å². The van der Waals surface area contributed by atoms with Crippen molar-refractivity contribution < 1.29 is 9.90 Å².